The Labute approximate surface area is 152 Å². The van der Waals surface area contributed by atoms with Gasteiger partial charge in [-0.15, -0.1) is 0 Å². The average molecular weight is 376 g/mol. The molecule has 7 nitrogen and oxygen atoms in total. The summed E-state index contributed by atoms with van der Waals surface area (Å²) in [6.45, 7) is 2.77. The van der Waals surface area contributed by atoms with Gasteiger partial charge in [-0.25, -0.2) is 4.98 Å². The average Bonchev–Trinajstić information content (AvgIpc) is 3.34. The zero-order valence-corrected chi connectivity index (χ0v) is 15.2. The standard InChI is InChI=1S/C16H16N4O3S2/c1-10-13(25-15(17-10)18-5-2-3-6-18)14(22)19-7-4-11(8-19)20-12(21)9-24-16(20)23/h2-3,5-6,11H,4,7-9H2,1H3/t11-/m1/s1. The SMILES string of the molecule is Cc1nc(-n2cccc2)sc1C(=O)N1CC[C@@H](N2C(=O)CSC2=O)C1. The third kappa shape index (κ3) is 2.87. The summed E-state index contributed by atoms with van der Waals surface area (Å²) >= 11 is 2.39. The number of nitrogens with zero attached hydrogens (tertiary/aromatic N) is 4. The number of aromatic nitrogens is 2. The Morgan fingerprint density at radius 2 is 2.04 bits per heavy atom. The lowest BCUT2D eigenvalue weighted by atomic mass is 10.2. The number of carbonyl (C=O) groups excluding carboxylic acids is 3. The van der Waals surface area contributed by atoms with Crippen molar-refractivity contribution in [1.82, 2.24) is 19.4 Å². The molecule has 0 N–H and O–H groups in total. The van der Waals surface area contributed by atoms with E-state index in [1.165, 1.54) is 16.2 Å². The Morgan fingerprint density at radius 3 is 2.72 bits per heavy atom. The first-order valence-electron chi connectivity index (χ1n) is 7.93. The topological polar surface area (TPSA) is 75.5 Å². The minimum absolute atomic E-state index is 0.0809. The third-order valence-electron chi connectivity index (χ3n) is 4.41. The van der Waals surface area contributed by atoms with Crippen LogP contribution in [0.3, 0.4) is 0 Å². The van der Waals surface area contributed by atoms with E-state index >= 15 is 0 Å². The summed E-state index contributed by atoms with van der Waals surface area (Å²) < 4.78 is 1.88. The van der Waals surface area contributed by atoms with Crippen LogP contribution in [0.5, 0.6) is 0 Å². The fourth-order valence-corrected chi connectivity index (χ4v) is 4.93. The van der Waals surface area contributed by atoms with Crippen LogP contribution in [0.25, 0.3) is 5.13 Å². The van der Waals surface area contributed by atoms with Crippen LogP contribution in [-0.4, -0.2) is 61.3 Å². The minimum Gasteiger partial charge on any atom is -0.336 e. The Morgan fingerprint density at radius 1 is 1.28 bits per heavy atom. The van der Waals surface area contributed by atoms with Gasteiger partial charge >= 0.3 is 0 Å². The van der Waals surface area contributed by atoms with Crippen molar-refractivity contribution in [2.75, 3.05) is 18.8 Å². The lowest BCUT2D eigenvalue weighted by molar-refractivity contribution is -0.126. The molecule has 0 spiro atoms. The van der Waals surface area contributed by atoms with E-state index in [0.717, 1.165) is 16.9 Å². The Kier molecular flexibility index (Phi) is 4.12. The summed E-state index contributed by atoms with van der Waals surface area (Å²) in [5.41, 5.74) is 0.700. The molecule has 0 bridgehead atoms. The lowest BCUT2D eigenvalue weighted by Crippen LogP contribution is -2.41. The summed E-state index contributed by atoms with van der Waals surface area (Å²) in [5, 5.41) is 0.552. The molecular weight excluding hydrogens is 360 g/mol. The monoisotopic (exact) mass is 376 g/mol. The van der Waals surface area contributed by atoms with Crippen LogP contribution in [0.2, 0.25) is 0 Å². The fraction of sp³-hybridized carbons (Fsp3) is 0.375. The largest absolute Gasteiger partial charge is 0.336 e. The van der Waals surface area contributed by atoms with Crippen LogP contribution in [-0.2, 0) is 4.79 Å². The summed E-state index contributed by atoms with van der Waals surface area (Å²) in [4.78, 5) is 44.7. The molecule has 130 valence electrons. The number of hydrogen-bond acceptors (Lipinski definition) is 6. The molecule has 2 aliphatic heterocycles. The van der Waals surface area contributed by atoms with Gasteiger partial charge in [0, 0.05) is 25.5 Å². The third-order valence-corrected chi connectivity index (χ3v) is 6.40. The molecule has 0 saturated carbocycles. The normalized spacial score (nSPS) is 20.8. The van der Waals surface area contributed by atoms with Crippen LogP contribution in [0.1, 0.15) is 21.8 Å². The molecule has 9 heteroatoms. The van der Waals surface area contributed by atoms with Gasteiger partial charge in [0.15, 0.2) is 5.13 Å². The summed E-state index contributed by atoms with van der Waals surface area (Å²) in [6, 6.07) is 3.60. The van der Waals surface area contributed by atoms with E-state index in [-0.39, 0.29) is 28.8 Å². The first-order valence-corrected chi connectivity index (χ1v) is 9.73. The zero-order valence-electron chi connectivity index (χ0n) is 13.5. The van der Waals surface area contributed by atoms with Crippen LogP contribution in [0.4, 0.5) is 4.79 Å². The highest BCUT2D eigenvalue weighted by atomic mass is 32.2. The molecule has 0 aromatic carbocycles. The van der Waals surface area contributed by atoms with Gasteiger partial charge in [0.1, 0.15) is 4.88 Å². The van der Waals surface area contributed by atoms with Crippen LogP contribution in [0.15, 0.2) is 24.5 Å². The molecule has 2 aliphatic rings. The molecule has 2 fully saturated rings. The predicted octanol–water partition coefficient (Wildman–Crippen LogP) is 2.15. The molecule has 4 heterocycles. The van der Waals surface area contributed by atoms with E-state index in [1.54, 1.807) is 4.90 Å². The van der Waals surface area contributed by atoms with Gasteiger partial charge in [0.05, 0.1) is 17.5 Å². The van der Waals surface area contributed by atoms with Gasteiger partial charge in [-0.3, -0.25) is 19.3 Å². The van der Waals surface area contributed by atoms with Crippen molar-refractivity contribution >= 4 is 40.2 Å². The first-order chi connectivity index (χ1) is 12.0. The second-order valence-electron chi connectivity index (χ2n) is 6.01. The van der Waals surface area contributed by atoms with E-state index in [4.69, 9.17) is 0 Å². The van der Waals surface area contributed by atoms with Gasteiger partial charge in [-0.2, -0.15) is 0 Å². The number of thioether (sulfide) groups is 1. The van der Waals surface area contributed by atoms with E-state index in [9.17, 15) is 14.4 Å². The van der Waals surface area contributed by atoms with Crippen molar-refractivity contribution in [3.63, 3.8) is 0 Å². The van der Waals surface area contributed by atoms with Gasteiger partial charge in [-0.05, 0) is 25.5 Å². The molecule has 2 aromatic rings. The maximum Gasteiger partial charge on any atom is 0.289 e. The number of imide groups is 1. The molecule has 0 unspecified atom stereocenters. The number of rotatable bonds is 3. The molecule has 2 aromatic heterocycles. The van der Waals surface area contributed by atoms with Gasteiger partial charge < -0.3 is 9.47 Å². The number of amides is 3. The molecule has 3 amide bonds. The predicted molar refractivity (Wildman–Crippen MR) is 95.2 cm³/mol. The molecular formula is C16H16N4O3S2. The second-order valence-corrected chi connectivity index (χ2v) is 7.92. The van der Waals surface area contributed by atoms with E-state index < -0.39 is 0 Å². The second kappa shape index (κ2) is 6.30. The van der Waals surface area contributed by atoms with Gasteiger partial charge in [0.2, 0.25) is 5.91 Å². The quantitative estimate of drug-likeness (QED) is 0.820. The van der Waals surface area contributed by atoms with Crippen molar-refractivity contribution in [3.8, 4) is 5.13 Å². The molecule has 0 radical (unpaired) electrons. The van der Waals surface area contributed by atoms with Crippen LogP contribution >= 0.6 is 23.1 Å². The smallest absolute Gasteiger partial charge is 0.289 e. The lowest BCUT2D eigenvalue weighted by Gasteiger charge is -2.21. The van der Waals surface area contributed by atoms with Crippen LogP contribution in [0, 0.1) is 6.92 Å². The van der Waals surface area contributed by atoms with E-state index in [1.807, 2.05) is 36.0 Å². The Hall–Kier alpha value is -2.13. The summed E-state index contributed by atoms with van der Waals surface area (Å²) in [7, 11) is 0. The number of hydrogen-bond donors (Lipinski definition) is 0. The molecule has 0 aliphatic carbocycles. The molecule has 25 heavy (non-hydrogen) atoms. The Balaban J connectivity index is 1.51. The number of thiazole rings is 1. The van der Waals surface area contributed by atoms with Crippen molar-refractivity contribution < 1.29 is 14.4 Å². The van der Waals surface area contributed by atoms with Gasteiger partial charge in [-0.1, -0.05) is 23.1 Å². The van der Waals surface area contributed by atoms with Crippen molar-refractivity contribution in [2.24, 2.45) is 0 Å². The maximum absolute atomic E-state index is 12.9. The highest BCUT2D eigenvalue weighted by Gasteiger charge is 2.40. The highest BCUT2D eigenvalue weighted by molar-refractivity contribution is 8.14. The van der Waals surface area contributed by atoms with Crippen molar-refractivity contribution in [2.45, 2.75) is 19.4 Å². The van der Waals surface area contributed by atoms with Gasteiger partial charge in [0.25, 0.3) is 11.1 Å². The maximum atomic E-state index is 12.9. The summed E-state index contributed by atoms with van der Waals surface area (Å²) in [6.07, 6.45) is 4.41. The molecule has 1 atom stereocenters. The van der Waals surface area contributed by atoms with Crippen molar-refractivity contribution in [1.29, 1.82) is 0 Å². The van der Waals surface area contributed by atoms with Crippen molar-refractivity contribution in [3.05, 3.63) is 35.1 Å². The molecule has 2 saturated heterocycles. The summed E-state index contributed by atoms with van der Waals surface area (Å²) in [5.74, 6) is -0.0295. The Bertz CT molecular complexity index is 830. The first kappa shape index (κ1) is 16.3. The number of carbonyl (C=O) groups is 3. The highest BCUT2D eigenvalue weighted by Crippen LogP contribution is 2.29. The number of aryl methyl sites for hydroxylation is 1. The van der Waals surface area contributed by atoms with E-state index in [0.29, 0.717) is 30.1 Å². The fourth-order valence-electron chi connectivity index (χ4n) is 3.15. The van der Waals surface area contributed by atoms with E-state index in [2.05, 4.69) is 4.98 Å². The van der Waals surface area contributed by atoms with Crippen LogP contribution < -0.4 is 0 Å². The number of likely N-dealkylation sites (tertiary alicyclic amines) is 1. The minimum atomic E-state index is -0.212. The zero-order chi connectivity index (χ0) is 17.6. The molecule has 4 rings (SSSR count).